The molecule has 0 saturated carbocycles. The largest absolute Gasteiger partial charge is 0.504 e. The van der Waals surface area contributed by atoms with Crippen molar-refractivity contribution >= 4 is 12.0 Å². The molecule has 34 heavy (non-hydrogen) atoms. The summed E-state index contributed by atoms with van der Waals surface area (Å²) in [5.41, 5.74) is 2.82. The Bertz CT molecular complexity index is 1230. The minimum atomic E-state index is -0.952. The van der Waals surface area contributed by atoms with E-state index in [1.807, 2.05) is 36.4 Å². The molecular weight excluding hydrogens is 432 g/mol. The second-order valence-corrected chi connectivity index (χ2v) is 10.5. The van der Waals surface area contributed by atoms with Crippen LogP contribution in [0.1, 0.15) is 56.4 Å². The zero-order valence-electron chi connectivity index (χ0n) is 20.0. The Morgan fingerprint density at radius 2 is 1.88 bits per heavy atom. The molecule has 6 nitrogen and oxygen atoms in total. The summed E-state index contributed by atoms with van der Waals surface area (Å²) in [6, 6.07) is 11.6. The van der Waals surface area contributed by atoms with E-state index in [2.05, 4.69) is 13.8 Å². The van der Waals surface area contributed by atoms with Gasteiger partial charge in [-0.15, -0.1) is 0 Å². The SMILES string of the molecule is CC1(C)CCc2ccc(CC3=C(O)/C(=C\c4ccc5c(c4)O[C@@H](C(C)(C)O)C5)OC3=O)cc2O1. The van der Waals surface area contributed by atoms with E-state index in [0.717, 1.165) is 40.8 Å². The summed E-state index contributed by atoms with van der Waals surface area (Å²) in [6.45, 7) is 7.59. The van der Waals surface area contributed by atoms with E-state index in [-0.39, 0.29) is 35.2 Å². The summed E-state index contributed by atoms with van der Waals surface area (Å²) < 4.78 is 17.4. The van der Waals surface area contributed by atoms with Crippen LogP contribution in [0.5, 0.6) is 11.5 Å². The van der Waals surface area contributed by atoms with Gasteiger partial charge in [-0.25, -0.2) is 4.79 Å². The molecule has 2 aromatic rings. The van der Waals surface area contributed by atoms with E-state index in [1.165, 1.54) is 0 Å². The van der Waals surface area contributed by atoms with Gasteiger partial charge < -0.3 is 24.4 Å². The highest BCUT2D eigenvalue weighted by Crippen LogP contribution is 2.37. The van der Waals surface area contributed by atoms with E-state index >= 15 is 0 Å². The van der Waals surface area contributed by atoms with Crippen LogP contribution < -0.4 is 9.47 Å². The fourth-order valence-corrected chi connectivity index (χ4v) is 4.59. The fraction of sp³-hybridized carbons (Fsp3) is 0.393. The van der Waals surface area contributed by atoms with Crippen LogP contribution in [0.3, 0.4) is 0 Å². The molecule has 0 bridgehead atoms. The number of aliphatic hydroxyl groups is 2. The summed E-state index contributed by atoms with van der Waals surface area (Å²) >= 11 is 0. The molecule has 0 amide bonds. The van der Waals surface area contributed by atoms with Gasteiger partial charge in [-0.2, -0.15) is 0 Å². The van der Waals surface area contributed by atoms with E-state index in [4.69, 9.17) is 14.2 Å². The smallest absolute Gasteiger partial charge is 0.343 e. The highest BCUT2D eigenvalue weighted by Gasteiger charge is 2.35. The number of hydrogen-bond acceptors (Lipinski definition) is 6. The fourth-order valence-electron chi connectivity index (χ4n) is 4.59. The molecule has 6 heteroatoms. The number of hydrogen-bond donors (Lipinski definition) is 2. The summed E-state index contributed by atoms with van der Waals surface area (Å²) in [5.74, 6) is 0.930. The van der Waals surface area contributed by atoms with E-state index in [0.29, 0.717) is 12.2 Å². The van der Waals surface area contributed by atoms with Crippen molar-refractivity contribution in [3.8, 4) is 11.5 Å². The summed E-state index contributed by atoms with van der Waals surface area (Å²) in [6.07, 6.45) is 4.09. The van der Waals surface area contributed by atoms with E-state index in [9.17, 15) is 15.0 Å². The molecule has 178 valence electrons. The molecule has 0 radical (unpaired) electrons. The third-order valence-corrected chi connectivity index (χ3v) is 6.71. The Morgan fingerprint density at radius 1 is 1.12 bits per heavy atom. The molecule has 0 fully saturated rings. The molecule has 0 spiro atoms. The number of aliphatic hydroxyl groups excluding tert-OH is 1. The first-order valence-corrected chi connectivity index (χ1v) is 11.7. The standard InChI is InChI=1S/C28H30O6/c1-27(2)10-9-18-7-5-16(13-22(18)34-27)11-20-25(29)23(33-26(20)30)14-17-6-8-19-15-24(28(3,4)31)32-21(19)12-17/h5-8,12-14,24,29,31H,9-11,15H2,1-4H3/b23-14+/t24-/m1/s1. The lowest BCUT2D eigenvalue weighted by atomic mass is 9.92. The molecule has 3 aliphatic rings. The van der Waals surface area contributed by atoms with Gasteiger partial charge in [0.25, 0.3) is 0 Å². The van der Waals surface area contributed by atoms with Gasteiger partial charge in [0.2, 0.25) is 0 Å². The van der Waals surface area contributed by atoms with Crippen molar-refractivity contribution in [3.63, 3.8) is 0 Å². The van der Waals surface area contributed by atoms with Crippen molar-refractivity contribution < 1.29 is 29.2 Å². The Morgan fingerprint density at radius 3 is 2.65 bits per heavy atom. The lowest BCUT2D eigenvalue weighted by Crippen LogP contribution is -2.39. The molecule has 3 heterocycles. The Kier molecular flexibility index (Phi) is 5.24. The maximum atomic E-state index is 12.6. The van der Waals surface area contributed by atoms with Gasteiger partial charge in [0, 0.05) is 12.8 Å². The molecule has 0 unspecified atom stereocenters. The van der Waals surface area contributed by atoms with Crippen LogP contribution in [0.4, 0.5) is 0 Å². The molecule has 0 saturated heterocycles. The van der Waals surface area contributed by atoms with Crippen LogP contribution in [-0.2, 0) is 28.8 Å². The van der Waals surface area contributed by atoms with Crippen molar-refractivity contribution in [3.05, 3.63) is 75.7 Å². The number of benzene rings is 2. The van der Waals surface area contributed by atoms with Crippen molar-refractivity contribution in [2.24, 2.45) is 0 Å². The van der Waals surface area contributed by atoms with Crippen molar-refractivity contribution in [2.75, 3.05) is 0 Å². The van der Waals surface area contributed by atoms with Gasteiger partial charge in [0.05, 0.1) is 11.2 Å². The zero-order valence-corrected chi connectivity index (χ0v) is 20.0. The van der Waals surface area contributed by atoms with Gasteiger partial charge in [0.15, 0.2) is 11.5 Å². The first kappa shape index (κ1) is 22.5. The summed E-state index contributed by atoms with van der Waals surface area (Å²) in [7, 11) is 0. The van der Waals surface area contributed by atoms with Crippen LogP contribution in [-0.4, -0.2) is 33.5 Å². The minimum absolute atomic E-state index is 0.118. The van der Waals surface area contributed by atoms with E-state index in [1.54, 1.807) is 19.9 Å². The average Bonchev–Trinajstić information content (AvgIpc) is 3.29. The molecule has 5 rings (SSSR count). The second-order valence-electron chi connectivity index (χ2n) is 10.5. The van der Waals surface area contributed by atoms with Crippen LogP contribution in [0.25, 0.3) is 6.08 Å². The minimum Gasteiger partial charge on any atom is -0.504 e. The maximum absolute atomic E-state index is 12.6. The highest BCUT2D eigenvalue weighted by atomic mass is 16.6. The van der Waals surface area contributed by atoms with Crippen molar-refractivity contribution in [1.29, 1.82) is 0 Å². The third kappa shape index (κ3) is 4.30. The van der Waals surface area contributed by atoms with Crippen LogP contribution in [0.2, 0.25) is 0 Å². The lowest BCUT2D eigenvalue weighted by molar-refractivity contribution is -0.133. The summed E-state index contributed by atoms with van der Waals surface area (Å²) in [5, 5.41) is 21.0. The number of ether oxygens (including phenoxy) is 3. The van der Waals surface area contributed by atoms with Gasteiger partial charge >= 0.3 is 5.97 Å². The predicted molar refractivity (Wildman–Crippen MR) is 128 cm³/mol. The molecule has 2 N–H and O–H groups in total. The van der Waals surface area contributed by atoms with Gasteiger partial charge in [0.1, 0.15) is 23.2 Å². The number of aryl methyl sites for hydroxylation is 1. The highest BCUT2D eigenvalue weighted by molar-refractivity contribution is 5.95. The third-order valence-electron chi connectivity index (χ3n) is 6.71. The second kappa shape index (κ2) is 7.91. The van der Waals surface area contributed by atoms with Crippen molar-refractivity contribution in [1.82, 2.24) is 0 Å². The maximum Gasteiger partial charge on any atom is 0.343 e. The number of carbonyl (C=O) groups is 1. The number of carbonyl (C=O) groups excluding carboxylic acids is 1. The number of esters is 1. The predicted octanol–water partition coefficient (Wildman–Crippen LogP) is 4.82. The van der Waals surface area contributed by atoms with Crippen LogP contribution in [0, 0.1) is 0 Å². The molecule has 1 atom stereocenters. The zero-order chi connectivity index (χ0) is 24.3. The normalized spacial score (nSPS) is 22.2. The van der Waals surface area contributed by atoms with Gasteiger partial charge in [-0.3, -0.25) is 0 Å². The molecule has 0 aromatic heterocycles. The quantitative estimate of drug-likeness (QED) is 0.634. The molecule has 2 aromatic carbocycles. The van der Waals surface area contributed by atoms with Gasteiger partial charge in [-0.1, -0.05) is 24.3 Å². The van der Waals surface area contributed by atoms with Crippen LogP contribution in [0.15, 0.2) is 53.5 Å². The number of cyclic esters (lactones) is 1. The Balaban J connectivity index is 1.37. The average molecular weight is 463 g/mol. The van der Waals surface area contributed by atoms with Crippen molar-refractivity contribution in [2.45, 2.75) is 70.7 Å². The van der Waals surface area contributed by atoms with E-state index < -0.39 is 11.6 Å². The first-order valence-electron chi connectivity index (χ1n) is 11.7. The summed E-state index contributed by atoms with van der Waals surface area (Å²) in [4.78, 5) is 12.6. The van der Waals surface area contributed by atoms with Gasteiger partial charge in [-0.05, 0) is 81.0 Å². The van der Waals surface area contributed by atoms with Crippen LogP contribution >= 0.6 is 0 Å². The topological polar surface area (TPSA) is 85.2 Å². The number of fused-ring (bicyclic) bond motifs is 2. The Hall–Kier alpha value is -3.25. The monoisotopic (exact) mass is 462 g/mol. The number of rotatable bonds is 4. The molecule has 0 aliphatic carbocycles. The molecule has 3 aliphatic heterocycles. The first-order chi connectivity index (χ1) is 16.0. The molecular formula is C28H30O6. The Labute approximate surface area is 199 Å². The lowest BCUT2D eigenvalue weighted by Gasteiger charge is -2.32.